The minimum absolute atomic E-state index is 0.0119. The number of ether oxygens (including phenoxy) is 2. The molecule has 1 saturated heterocycles. The van der Waals surface area contributed by atoms with Gasteiger partial charge in [-0.1, -0.05) is 12.1 Å². The number of fused-ring (bicyclic) bond motifs is 1. The van der Waals surface area contributed by atoms with Crippen LogP contribution in [0.15, 0.2) is 42.6 Å². The van der Waals surface area contributed by atoms with Gasteiger partial charge >= 0.3 is 6.18 Å². The Kier molecular flexibility index (Phi) is 8.05. The van der Waals surface area contributed by atoms with Crippen LogP contribution in [0.3, 0.4) is 0 Å². The van der Waals surface area contributed by atoms with Crippen LogP contribution in [0.5, 0.6) is 17.4 Å². The maximum Gasteiger partial charge on any atom is 0.423 e. The smallest absolute Gasteiger partial charge is 0.423 e. The van der Waals surface area contributed by atoms with E-state index in [1.54, 1.807) is 30.3 Å². The van der Waals surface area contributed by atoms with E-state index in [0.29, 0.717) is 23.0 Å². The molecular formula is C27H28F3N5O5. The highest BCUT2D eigenvalue weighted by atomic mass is 19.4. The summed E-state index contributed by atoms with van der Waals surface area (Å²) in [4.78, 5) is 32.8. The second-order valence-corrected chi connectivity index (χ2v) is 9.52. The molecule has 10 nitrogen and oxygen atoms in total. The maximum absolute atomic E-state index is 13.8. The number of piperidine rings is 1. The summed E-state index contributed by atoms with van der Waals surface area (Å²) in [7, 11) is 3.47. The van der Waals surface area contributed by atoms with Gasteiger partial charge in [-0.25, -0.2) is 14.8 Å². The number of amides is 1. The first-order valence-electron chi connectivity index (χ1n) is 12.6. The minimum atomic E-state index is -4.76. The summed E-state index contributed by atoms with van der Waals surface area (Å²) in [6.45, 7) is 1.97. The Morgan fingerprint density at radius 3 is 2.62 bits per heavy atom. The van der Waals surface area contributed by atoms with E-state index in [4.69, 9.17) is 19.2 Å². The molecule has 3 heterocycles. The number of hydrogen-bond acceptors (Lipinski definition) is 9. The van der Waals surface area contributed by atoms with Crippen molar-refractivity contribution in [3.63, 3.8) is 0 Å². The standard InChI is InChI=1S/C27H28F3N5O5/c1-35-10-8-18(9-11-35)32-24(36)16-6-7-21(23(12-16)37-2)33-26-31-13-20(27(28,29)30)25(34-26)40-22-5-3-4-17-14-38-39-15-19(17)22/h3-7,12-13,18H,8-11,14-15H2,1-2H3,(H,32,36)(H,31,33,34). The molecule has 0 atom stereocenters. The van der Waals surface area contributed by atoms with E-state index in [-0.39, 0.29) is 42.6 Å². The van der Waals surface area contributed by atoms with Gasteiger partial charge in [0.2, 0.25) is 11.8 Å². The van der Waals surface area contributed by atoms with E-state index in [2.05, 4.69) is 25.5 Å². The summed E-state index contributed by atoms with van der Waals surface area (Å²) in [5, 5.41) is 5.91. The molecule has 0 unspecified atom stereocenters. The first-order chi connectivity index (χ1) is 19.2. The van der Waals surface area contributed by atoms with Gasteiger partial charge in [0.15, 0.2) is 0 Å². The number of nitrogens with zero attached hydrogens (tertiary/aromatic N) is 3. The second kappa shape index (κ2) is 11.7. The van der Waals surface area contributed by atoms with E-state index in [1.807, 2.05) is 7.05 Å². The number of methoxy groups -OCH3 is 1. The lowest BCUT2D eigenvalue weighted by atomic mass is 10.0. The number of hydrogen-bond donors (Lipinski definition) is 2. The highest BCUT2D eigenvalue weighted by Crippen LogP contribution is 2.39. The first kappa shape index (κ1) is 27.6. The van der Waals surface area contributed by atoms with Gasteiger partial charge in [-0.15, -0.1) is 0 Å². The number of aromatic nitrogens is 2. The molecule has 2 aliphatic heterocycles. The predicted octanol–water partition coefficient (Wildman–Crippen LogP) is 4.83. The van der Waals surface area contributed by atoms with E-state index in [0.717, 1.165) is 31.5 Å². The fourth-order valence-electron chi connectivity index (χ4n) is 4.49. The number of carbonyl (C=O) groups excluding carboxylic acids is 1. The van der Waals surface area contributed by atoms with Crippen molar-refractivity contribution < 1.29 is 37.2 Å². The number of anilines is 2. The van der Waals surface area contributed by atoms with E-state index < -0.39 is 17.6 Å². The van der Waals surface area contributed by atoms with Gasteiger partial charge < -0.3 is 25.0 Å². The lowest BCUT2D eigenvalue weighted by molar-refractivity contribution is -0.322. The molecule has 2 aromatic carbocycles. The number of carbonyl (C=O) groups is 1. The van der Waals surface area contributed by atoms with Crippen molar-refractivity contribution in [2.45, 2.75) is 38.3 Å². The number of rotatable bonds is 7. The number of alkyl halides is 3. The molecule has 2 N–H and O–H groups in total. The summed E-state index contributed by atoms with van der Waals surface area (Å²) in [5.41, 5.74) is 0.891. The third-order valence-corrected chi connectivity index (χ3v) is 6.76. The summed E-state index contributed by atoms with van der Waals surface area (Å²) >= 11 is 0. The topological polar surface area (TPSA) is 107 Å². The minimum Gasteiger partial charge on any atom is -0.495 e. The molecule has 0 saturated carbocycles. The van der Waals surface area contributed by atoms with Crippen molar-refractivity contribution >= 4 is 17.5 Å². The summed E-state index contributed by atoms with van der Waals surface area (Å²) < 4.78 is 52.5. The zero-order valence-electron chi connectivity index (χ0n) is 21.9. The van der Waals surface area contributed by atoms with Crippen LogP contribution in [0.25, 0.3) is 0 Å². The molecule has 13 heteroatoms. The highest BCUT2D eigenvalue weighted by Gasteiger charge is 2.37. The Morgan fingerprint density at radius 2 is 1.88 bits per heavy atom. The summed E-state index contributed by atoms with van der Waals surface area (Å²) in [5.74, 6) is -0.626. The Balaban J connectivity index is 1.37. The normalized spacial score (nSPS) is 16.2. The van der Waals surface area contributed by atoms with Gasteiger partial charge in [0, 0.05) is 23.4 Å². The molecule has 212 valence electrons. The van der Waals surface area contributed by atoms with E-state index >= 15 is 0 Å². The second-order valence-electron chi connectivity index (χ2n) is 9.52. The lowest BCUT2D eigenvalue weighted by Gasteiger charge is -2.29. The Labute approximate surface area is 228 Å². The third kappa shape index (κ3) is 6.27. The molecule has 1 amide bonds. The lowest BCUT2D eigenvalue weighted by Crippen LogP contribution is -2.43. The number of nitrogens with one attached hydrogen (secondary N) is 2. The van der Waals surface area contributed by atoms with Crippen molar-refractivity contribution in [3.8, 4) is 17.4 Å². The molecule has 1 aromatic heterocycles. The third-order valence-electron chi connectivity index (χ3n) is 6.76. The van der Waals surface area contributed by atoms with Crippen molar-refractivity contribution in [2.75, 3.05) is 32.6 Å². The highest BCUT2D eigenvalue weighted by molar-refractivity contribution is 5.95. The van der Waals surface area contributed by atoms with E-state index in [9.17, 15) is 18.0 Å². The molecule has 0 aliphatic carbocycles. The molecule has 0 radical (unpaired) electrons. The first-order valence-corrected chi connectivity index (χ1v) is 12.6. The van der Waals surface area contributed by atoms with Crippen LogP contribution < -0.4 is 20.1 Å². The van der Waals surface area contributed by atoms with Crippen LogP contribution in [0.2, 0.25) is 0 Å². The van der Waals surface area contributed by atoms with Gasteiger partial charge in [-0.05, 0) is 62.8 Å². The van der Waals surface area contributed by atoms with Crippen molar-refractivity contribution in [2.24, 2.45) is 0 Å². The van der Waals surface area contributed by atoms with E-state index in [1.165, 1.54) is 13.2 Å². The Morgan fingerprint density at radius 1 is 1.10 bits per heavy atom. The van der Waals surface area contributed by atoms with Crippen LogP contribution in [0, 0.1) is 0 Å². The molecule has 0 spiro atoms. The van der Waals surface area contributed by atoms with Crippen LogP contribution in [0.1, 0.15) is 39.9 Å². The van der Waals surface area contributed by atoms with Crippen molar-refractivity contribution in [1.82, 2.24) is 20.2 Å². The molecular weight excluding hydrogens is 531 g/mol. The number of likely N-dealkylation sites (tertiary alicyclic amines) is 1. The largest absolute Gasteiger partial charge is 0.495 e. The fourth-order valence-corrected chi connectivity index (χ4v) is 4.49. The Bertz CT molecular complexity index is 1380. The zero-order chi connectivity index (χ0) is 28.3. The van der Waals surface area contributed by atoms with Gasteiger partial charge in [-0.2, -0.15) is 18.2 Å². The predicted molar refractivity (Wildman–Crippen MR) is 137 cm³/mol. The molecule has 2 aliphatic rings. The van der Waals surface area contributed by atoms with Gasteiger partial charge in [0.25, 0.3) is 5.91 Å². The quantitative estimate of drug-likeness (QED) is 0.394. The molecule has 0 bridgehead atoms. The average molecular weight is 560 g/mol. The molecule has 5 rings (SSSR count). The van der Waals surface area contributed by atoms with Crippen molar-refractivity contribution in [1.29, 1.82) is 0 Å². The molecule has 40 heavy (non-hydrogen) atoms. The van der Waals surface area contributed by atoms with Crippen LogP contribution in [-0.2, 0) is 29.2 Å². The number of benzene rings is 2. The van der Waals surface area contributed by atoms with Crippen LogP contribution in [0.4, 0.5) is 24.8 Å². The zero-order valence-corrected chi connectivity index (χ0v) is 21.9. The molecule has 3 aromatic rings. The number of halogens is 3. The van der Waals surface area contributed by atoms with Crippen LogP contribution >= 0.6 is 0 Å². The van der Waals surface area contributed by atoms with Gasteiger partial charge in [0.1, 0.15) is 30.3 Å². The Hall–Kier alpha value is -3.94. The van der Waals surface area contributed by atoms with Gasteiger partial charge in [0.05, 0.1) is 12.8 Å². The monoisotopic (exact) mass is 559 g/mol. The fraction of sp³-hybridized carbons (Fsp3) is 0.370. The summed E-state index contributed by atoms with van der Waals surface area (Å²) in [6.07, 6.45) is -2.39. The average Bonchev–Trinajstić information content (AvgIpc) is 2.94. The van der Waals surface area contributed by atoms with Crippen molar-refractivity contribution in [3.05, 3.63) is 64.8 Å². The SMILES string of the molecule is COc1cc(C(=O)NC2CCN(C)CC2)ccc1Nc1ncc(C(F)(F)F)c(Oc2cccc3c2COOC3)n1. The van der Waals surface area contributed by atoms with Gasteiger partial charge in [-0.3, -0.25) is 4.79 Å². The molecule has 1 fully saturated rings. The van der Waals surface area contributed by atoms with Crippen LogP contribution in [-0.4, -0.2) is 54.1 Å². The maximum atomic E-state index is 13.8. The summed E-state index contributed by atoms with van der Waals surface area (Å²) in [6, 6.07) is 9.75.